The Bertz CT molecular complexity index is 652. The molecule has 21 heavy (non-hydrogen) atoms. The number of carbonyl (C=O) groups is 1. The van der Waals surface area contributed by atoms with Gasteiger partial charge in [-0.2, -0.15) is 0 Å². The first kappa shape index (κ1) is 14.8. The van der Waals surface area contributed by atoms with Gasteiger partial charge in [-0.15, -0.1) is 0 Å². The zero-order valence-electron chi connectivity index (χ0n) is 11.9. The highest BCUT2D eigenvalue weighted by Gasteiger charge is 2.17. The van der Waals surface area contributed by atoms with Crippen molar-refractivity contribution in [1.29, 1.82) is 0 Å². The Hall–Kier alpha value is -2.58. The van der Waals surface area contributed by atoms with Crippen molar-refractivity contribution in [2.45, 2.75) is 19.4 Å². The molecule has 0 saturated heterocycles. The van der Waals surface area contributed by atoms with E-state index in [4.69, 9.17) is 5.73 Å². The van der Waals surface area contributed by atoms with Crippen LogP contribution < -0.4 is 11.1 Å². The molecule has 5 heteroatoms. The second-order valence-electron chi connectivity index (χ2n) is 4.46. The van der Waals surface area contributed by atoms with Crippen LogP contribution in [0, 0.1) is 11.8 Å². The number of hydrogen-bond donors (Lipinski definition) is 3. The quantitative estimate of drug-likeness (QED) is 0.745. The van der Waals surface area contributed by atoms with Crippen LogP contribution in [0.3, 0.4) is 0 Å². The summed E-state index contributed by atoms with van der Waals surface area (Å²) < 4.78 is 0. The van der Waals surface area contributed by atoms with Crippen LogP contribution >= 0.6 is 0 Å². The number of amides is 1. The average Bonchev–Trinajstić information content (AvgIpc) is 3.04. The van der Waals surface area contributed by atoms with Gasteiger partial charge in [0.2, 0.25) is 0 Å². The highest BCUT2D eigenvalue weighted by molar-refractivity contribution is 5.96. The van der Waals surface area contributed by atoms with E-state index in [1.54, 1.807) is 18.5 Å². The molecule has 0 aliphatic rings. The summed E-state index contributed by atoms with van der Waals surface area (Å²) in [5, 5.41) is 2.97. The summed E-state index contributed by atoms with van der Waals surface area (Å²) in [4.78, 5) is 19.7. The molecule has 1 aromatic heterocycles. The van der Waals surface area contributed by atoms with Crippen LogP contribution in [0.25, 0.3) is 0 Å². The first-order chi connectivity index (χ1) is 10.3. The average molecular weight is 282 g/mol. The number of H-pyrrole nitrogens is 1. The van der Waals surface area contributed by atoms with E-state index in [0.29, 0.717) is 11.1 Å². The fourth-order valence-corrected chi connectivity index (χ4v) is 2.00. The van der Waals surface area contributed by atoms with Crippen molar-refractivity contribution < 1.29 is 4.79 Å². The Labute approximate surface area is 124 Å². The summed E-state index contributed by atoms with van der Waals surface area (Å²) >= 11 is 0. The minimum atomic E-state index is -0.167. The molecule has 1 atom stereocenters. The lowest BCUT2D eigenvalue weighted by molar-refractivity contribution is 0.0933. The first-order valence-corrected chi connectivity index (χ1v) is 6.84. The number of aromatic amines is 1. The third-order valence-electron chi connectivity index (χ3n) is 3.06. The second-order valence-corrected chi connectivity index (χ2v) is 4.46. The van der Waals surface area contributed by atoms with Gasteiger partial charge in [-0.05, 0) is 18.6 Å². The molecule has 0 aliphatic heterocycles. The summed E-state index contributed by atoms with van der Waals surface area (Å²) in [6, 6.07) is 7.08. The number of nitrogens with two attached hydrogens (primary N) is 1. The third kappa shape index (κ3) is 3.71. The Morgan fingerprint density at radius 1 is 1.48 bits per heavy atom. The lowest BCUT2D eigenvalue weighted by Crippen LogP contribution is -2.29. The fraction of sp³-hybridized carbons (Fsp3) is 0.250. The standard InChI is InChI=1S/C16H18N4O/c1-2-14(15-18-10-11-19-15)20-16(21)13-8-4-3-6-12(13)7-5-9-17/h3-4,6,8,10-11,14H,2,9,17H2,1H3,(H,18,19)(H,20,21). The smallest absolute Gasteiger partial charge is 0.253 e. The summed E-state index contributed by atoms with van der Waals surface area (Å²) in [5.41, 5.74) is 6.60. The Kier molecular flexibility index (Phi) is 5.13. The van der Waals surface area contributed by atoms with Crippen LogP contribution in [0.4, 0.5) is 0 Å². The molecule has 0 aliphatic carbocycles. The van der Waals surface area contributed by atoms with Gasteiger partial charge in [0.25, 0.3) is 5.91 Å². The monoisotopic (exact) mass is 282 g/mol. The van der Waals surface area contributed by atoms with Gasteiger partial charge in [-0.25, -0.2) is 4.98 Å². The molecule has 0 saturated carbocycles. The Morgan fingerprint density at radius 2 is 2.29 bits per heavy atom. The van der Waals surface area contributed by atoms with Gasteiger partial charge < -0.3 is 16.0 Å². The molecule has 108 valence electrons. The van der Waals surface area contributed by atoms with Gasteiger partial charge in [0.05, 0.1) is 18.2 Å². The van der Waals surface area contributed by atoms with Crippen molar-refractivity contribution in [1.82, 2.24) is 15.3 Å². The Balaban J connectivity index is 2.20. The molecule has 0 bridgehead atoms. The van der Waals surface area contributed by atoms with E-state index in [2.05, 4.69) is 27.1 Å². The van der Waals surface area contributed by atoms with E-state index in [0.717, 1.165) is 12.2 Å². The zero-order valence-corrected chi connectivity index (χ0v) is 11.9. The van der Waals surface area contributed by atoms with E-state index in [9.17, 15) is 4.79 Å². The SMILES string of the molecule is CCC(NC(=O)c1ccccc1C#CCN)c1ncc[nH]1. The molecule has 4 N–H and O–H groups in total. The summed E-state index contributed by atoms with van der Waals surface area (Å²) in [7, 11) is 0. The number of rotatable bonds is 4. The van der Waals surface area contributed by atoms with E-state index in [-0.39, 0.29) is 18.5 Å². The predicted octanol–water partition coefficient (Wildman–Crippen LogP) is 1.60. The second kappa shape index (κ2) is 7.27. The molecule has 0 spiro atoms. The number of aromatic nitrogens is 2. The number of carbonyl (C=O) groups excluding carboxylic acids is 1. The minimum absolute atomic E-state index is 0.150. The molecular weight excluding hydrogens is 264 g/mol. The lowest BCUT2D eigenvalue weighted by Gasteiger charge is -2.15. The van der Waals surface area contributed by atoms with Crippen LogP contribution in [0.15, 0.2) is 36.7 Å². The summed E-state index contributed by atoms with van der Waals surface area (Å²) in [6.45, 7) is 2.26. The number of imidazole rings is 1. The molecule has 0 fully saturated rings. The normalized spacial score (nSPS) is 11.3. The van der Waals surface area contributed by atoms with Gasteiger partial charge >= 0.3 is 0 Å². The third-order valence-corrected chi connectivity index (χ3v) is 3.06. The number of hydrogen-bond acceptors (Lipinski definition) is 3. The largest absolute Gasteiger partial charge is 0.347 e. The summed E-state index contributed by atoms with van der Waals surface area (Å²) in [5.74, 6) is 6.27. The van der Waals surface area contributed by atoms with Crippen molar-refractivity contribution in [3.05, 3.63) is 53.6 Å². The molecule has 1 unspecified atom stereocenters. The van der Waals surface area contributed by atoms with Gasteiger partial charge in [-0.3, -0.25) is 4.79 Å². The van der Waals surface area contributed by atoms with E-state index >= 15 is 0 Å². The van der Waals surface area contributed by atoms with E-state index in [1.807, 2.05) is 25.1 Å². The van der Waals surface area contributed by atoms with Gasteiger partial charge in [0, 0.05) is 18.0 Å². The molecular formula is C16H18N4O. The first-order valence-electron chi connectivity index (χ1n) is 6.84. The highest BCUT2D eigenvalue weighted by atomic mass is 16.1. The minimum Gasteiger partial charge on any atom is -0.347 e. The van der Waals surface area contributed by atoms with Gasteiger partial charge in [0.1, 0.15) is 5.82 Å². The molecule has 2 aromatic rings. The molecule has 1 aromatic carbocycles. The van der Waals surface area contributed by atoms with Gasteiger partial charge in [0.15, 0.2) is 0 Å². The Morgan fingerprint density at radius 3 is 2.95 bits per heavy atom. The van der Waals surface area contributed by atoms with Crippen molar-refractivity contribution >= 4 is 5.91 Å². The van der Waals surface area contributed by atoms with Gasteiger partial charge in [-0.1, -0.05) is 30.9 Å². The van der Waals surface area contributed by atoms with Crippen LogP contribution in [0.2, 0.25) is 0 Å². The van der Waals surface area contributed by atoms with Crippen molar-refractivity contribution in [3.8, 4) is 11.8 Å². The number of nitrogens with zero attached hydrogens (tertiary/aromatic N) is 1. The van der Waals surface area contributed by atoms with E-state index < -0.39 is 0 Å². The highest BCUT2D eigenvalue weighted by Crippen LogP contribution is 2.14. The molecule has 1 heterocycles. The molecule has 0 radical (unpaired) electrons. The van der Waals surface area contributed by atoms with Crippen LogP contribution in [-0.4, -0.2) is 22.4 Å². The fourth-order valence-electron chi connectivity index (χ4n) is 2.00. The van der Waals surface area contributed by atoms with Crippen molar-refractivity contribution in [2.75, 3.05) is 6.54 Å². The maximum Gasteiger partial charge on any atom is 0.253 e. The lowest BCUT2D eigenvalue weighted by atomic mass is 10.1. The molecule has 5 nitrogen and oxygen atoms in total. The van der Waals surface area contributed by atoms with Crippen LogP contribution in [0.5, 0.6) is 0 Å². The maximum absolute atomic E-state index is 12.4. The number of nitrogens with one attached hydrogen (secondary N) is 2. The van der Waals surface area contributed by atoms with E-state index in [1.165, 1.54) is 0 Å². The predicted molar refractivity (Wildman–Crippen MR) is 81.5 cm³/mol. The zero-order chi connectivity index (χ0) is 15.1. The molecule has 2 rings (SSSR count). The van der Waals surface area contributed by atoms with Crippen molar-refractivity contribution in [3.63, 3.8) is 0 Å². The molecule has 1 amide bonds. The maximum atomic E-state index is 12.4. The topological polar surface area (TPSA) is 83.8 Å². The van der Waals surface area contributed by atoms with Crippen LogP contribution in [0.1, 0.15) is 41.1 Å². The number of benzene rings is 1. The van der Waals surface area contributed by atoms with Crippen LogP contribution in [-0.2, 0) is 0 Å². The summed E-state index contributed by atoms with van der Waals surface area (Å²) in [6.07, 6.45) is 4.16. The van der Waals surface area contributed by atoms with Crippen molar-refractivity contribution in [2.24, 2.45) is 5.73 Å².